The van der Waals surface area contributed by atoms with Crippen molar-refractivity contribution in [1.29, 1.82) is 0 Å². The monoisotopic (exact) mass is 429 g/mol. The van der Waals surface area contributed by atoms with E-state index in [4.69, 9.17) is 14.2 Å². The molecule has 0 saturated carbocycles. The van der Waals surface area contributed by atoms with Crippen LogP contribution in [0.4, 0.5) is 0 Å². The second-order valence-corrected chi connectivity index (χ2v) is 6.97. The summed E-state index contributed by atoms with van der Waals surface area (Å²) in [5, 5.41) is 4.52. The summed E-state index contributed by atoms with van der Waals surface area (Å²) in [5.74, 6) is -0.362. The summed E-state index contributed by atoms with van der Waals surface area (Å²) in [6.07, 6.45) is 0.625. The highest BCUT2D eigenvalue weighted by Crippen LogP contribution is 2.27. The van der Waals surface area contributed by atoms with Crippen molar-refractivity contribution in [2.75, 3.05) is 26.9 Å². The van der Waals surface area contributed by atoms with Crippen molar-refractivity contribution >= 4 is 17.8 Å². The van der Waals surface area contributed by atoms with Crippen LogP contribution >= 0.6 is 0 Å². The van der Waals surface area contributed by atoms with Crippen molar-refractivity contribution in [2.24, 2.45) is 0 Å². The van der Waals surface area contributed by atoms with Gasteiger partial charge in [-0.15, -0.1) is 0 Å². The van der Waals surface area contributed by atoms with E-state index in [2.05, 4.69) is 5.10 Å². The first kappa shape index (κ1) is 22.3. The number of aromatic nitrogens is 2. The largest absolute Gasteiger partial charge is 0.497 e. The van der Waals surface area contributed by atoms with Crippen LogP contribution in [-0.4, -0.2) is 59.4 Å². The quantitative estimate of drug-likeness (QED) is 0.594. The number of nitrogens with zero attached hydrogens (tertiary/aromatic N) is 3. The van der Waals surface area contributed by atoms with E-state index in [0.717, 1.165) is 11.4 Å². The molecule has 0 spiro atoms. The van der Waals surface area contributed by atoms with Crippen LogP contribution in [0.5, 0.6) is 5.75 Å². The zero-order chi connectivity index (χ0) is 22.4. The maximum atomic E-state index is 12.6. The Bertz CT molecular complexity index is 951. The van der Waals surface area contributed by atoms with E-state index in [-0.39, 0.29) is 44.2 Å². The molecule has 0 fully saturated rings. The van der Waals surface area contributed by atoms with Crippen LogP contribution < -0.4 is 4.74 Å². The molecule has 1 aliphatic heterocycles. The molecular formula is C22H27N3O6. The van der Waals surface area contributed by atoms with Gasteiger partial charge >= 0.3 is 11.9 Å². The number of amides is 1. The van der Waals surface area contributed by atoms with Gasteiger partial charge in [0.2, 0.25) is 5.91 Å². The molecule has 0 bridgehead atoms. The molecule has 166 valence electrons. The number of carbonyl (C=O) groups is 3. The molecule has 1 amide bonds. The summed E-state index contributed by atoms with van der Waals surface area (Å²) in [6.45, 7) is 4.68. The minimum atomic E-state index is -0.521. The van der Waals surface area contributed by atoms with E-state index in [9.17, 15) is 14.4 Å². The average Bonchev–Trinajstić information content (AvgIpc) is 3.17. The first-order valence-corrected chi connectivity index (χ1v) is 10.3. The first-order chi connectivity index (χ1) is 15.0. The third-order valence-corrected chi connectivity index (χ3v) is 5.04. The molecule has 1 aromatic carbocycles. The number of methoxy groups -OCH3 is 1. The predicted molar refractivity (Wildman–Crippen MR) is 111 cm³/mol. The fourth-order valence-electron chi connectivity index (χ4n) is 3.53. The van der Waals surface area contributed by atoms with Gasteiger partial charge in [-0.25, -0.2) is 9.48 Å². The molecule has 0 atom stereocenters. The number of fused-ring (bicyclic) bond motifs is 1. The topological polar surface area (TPSA) is 100.0 Å². The molecule has 0 radical (unpaired) electrons. The van der Waals surface area contributed by atoms with E-state index < -0.39 is 11.9 Å². The zero-order valence-electron chi connectivity index (χ0n) is 18.1. The minimum Gasteiger partial charge on any atom is -0.497 e. The number of hydrogen-bond acceptors (Lipinski definition) is 7. The van der Waals surface area contributed by atoms with Crippen molar-refractivity contribution in [3.63, 3.8) is 0 Å². The number of hydrogen-bond donors (Lipinski definition) is 0. The van der Waals surface area contributed by atoms with Crippen molar-refractivity contribution in [3.05, 3.63) is 41.2 Å². The maximum Gasteiger partial charge on any atom is 0.359 e. The molecule has 31 heavy (non-hydrogen) atoms. The van der Waals surface area contributed by atoms with Gasteiger partial charge in [-0.2, -0.15) is 5.10 Å². The van der Waals surface area contributed by atoms with E-state index in [1.54, 1.807) is 30.5 Å². The average molecular weight is 429 g/mol. The van der Waals surface area contributed by atoms with Gasteiger partial charge in [0.05, 0.1) is 38.1 Å². The van der Waals surface area contributed by atoms with Gasteiger partial charge in [0.1, 0.15) is 5.75 Å². The smallest absolute Gasteiger partial charge is 0.359 e. The molecule has 1 aliphatic rings. The van der Waals surface area contributed by atoms with E-state index >= 15 is 0 Å². The summed E-state index contributed by atoms with van der Waals surface area (Å²) < 4.78 is 17.0. The molecule has 9 nitrogen and oxygen atoms in total. The van der Waals surface area contributed by atoms with Crippen LogP contribution in [0.25, 0.3) is 5.69 Å². The SMILES string of the molecule is CCOC(=O)CCC(=O)N1CCc2c(c(C(=O)OCC)nn2-c2ccc(OC)cc2)C1. The molecule has 2 aromatic rings. The molecule has 0 aliphatic carbocycles. The Morgan fingerprint density at radius 1 is 1.03 bits per heavy atom. The van der Waals surface area contributed by atoms with E-state index in [1.165, 1.54) is 0 Å². The normalized spacial score (nSPS) is 12.8. The van der Waals surface area contributed by atoms with Crippen LogP contribution in [0.2, 0.25) is 0 Å². The summed E-state index contributed by atoms with van der Waals surface area (Å²) in [7, 11) is 1.59. The lowest BCUT2D eigenvalue weighted by molar-refractivity contribution is -0.145. The lowest BCUT2D eigenvalue weighted by atomic mass is 10.0. The highest BCUT2D eigenvalue weighted by molar-refractivity contribution is 5.90. The summed E-state index contributed by atoms with van der Waals surface area (Å²) in [5.41, 5.74) is 2.53. The number of carbonyl (C=O) groups excluding carboxylic acids is 3. The first-order valence-electron chi connectivity index (χ1n) is 10.3. The Hall–Kier alpha value is -3.36. The number of rotatable bonds is 8. The molecule has 1 aromatic heterocycles. The van der Waals surface area contributed by atoms with Gasteiger partial charge in [0.15, 0.2) is 5.69 Å². The molecule has 0 saturated heterocycles. The zero-order valence-corrected chi connectivity index (χ0v) is 18.1. The van der Waals surface area contributed by atoms with Crippen LogP contribution in [0.1, 0.15) is 48.4 Å². The fourth-order valence-corrected chi connectivity index (χ4v) is 3.53. The Kier molecular flexibility index (Phi) is 7.28. The standard InChI is InChI=1S/C22H27N3O6/c1-4-30-20(27)11-10-19(26)24-13-12-18-17(14-24)21(22(28)31-5-2)23-25(18)15-6-8-16(29-3)9-7-15/h6-9H,4-5,10-14H2,1-3H3. The molecule has 3 rings (SSSR count). The number of benzene rings is 1. The van der Waals surface area contributed by atoms with E-state index in [1.807, 2.05) is 24.3 Å². The Labute approximate surface area is 180 Å². The Balaban J connectivity index is 1.86. The molecule has 0 N–H and O–H groups in total. The van der Waals surface area contributed by atoms with Crippen molar-refractivity contribution in [1.82, 2.24) is 14.7 Å². The van der Waals surface area contributed by atoms with Crippen molar-refractivity contribution < 1.29 is 28.6 Å². The van der Waals surface area contributed by atoms with Gasteiger partial charge in [0.25, 0.3) is 0 Å². The fraction of sp³-hybridized carbons (Fsp3) is 0.455. The van der Waals surface area contributed by atoms with E-state index in [0.29, 0.717) is 24.3 Å². The van der Waals surface area contributed by atoms with Gasteiger partial charge in [0, 0.05) is 31.5 Å². The highest BCUT2D eigenvalue weighted by atomic mass is 16.5. The Morgan fingerprint density at radius 3 is 2.39 bits per heavy atom. The third-order valence-electron chi connectivity index (χ3n) is 5.04. The van der Waals surface area contributed by atoms with Crippen LogP contribution in [0.15, 0.2) is 24.3 Å². The van der Waals surface area contributed by atoms with Crippen LogP contribution in [0, 0.1) is 0 Å². The second kappa shape index (κ2) is 10.1. The molecule has 0 unspecified atom stereocenters. The lowest BCUT2D eigenvalue weighted by Crippen LogP contribution is -2.37. The molecular weight excluding hydrogens is 402 g/mol. The third kappa shape index (κ3) is 5.04. The number of ether oxygens (including phenoxy) is 3. The Morgan fingerprint density at radius 2 is 1.74 bits per heavy atom. The van der Waals surface area contributed by atoms with Gasteiger partial charge in [-0.05, 0) is 38.1 Å². The second-order valence-electron chi connectivity index (χ2n) is 6.97. The predicted octanol–water partition coefficient (Wildman–Crippen LogP) is 2.29. The number of esters is 2. The molecule has 2 heterocycles. The lowest BCUT2D eigenvalue weighted by Gasteiger charge is -2.28. The minimum absolute atomic E-state index is 0.0336. The van der Waals surface area contributed by atoms with Crippen LogP contribution in [0.3, 0.4) is 0 Å². The van der Waals surface area contributed by atoms with Crippen molar-refractivity contribution in [3.8, 4) is 11.4 Å². The highest BCUT2D eigenvalue weighted by Gasteiger charge is 2.31. The summed E-state index contributed by atoms with van der Waals surface area (Å²) in [6, 6.07) is 7.36. The van der Waals surface area contributed by atoms with Gasteiger partial charge in [-0.3, -0.25) is 9.59 Å². The summed E-state index contributed by atoms with van der Waals surface area (Å²) >= 11 is 0. The van der Waals surface area contributed by atoms with Gasteiger partial charge in [-0.1, -0.05) is 0 Å². The van der Waals surface area contributed by atoms with Gasteiger partial charge < -0.3 is 19.1 Å². The molecule has 9 heteroatoms. The maximum absolute atomic E-state index is 12.6. The van der Waals surface area contributed by atoms with Crippen molar-refractivity contribution in [2.45, 2.75) is 39.7 Å². The van der Waals surface area contributed by atoms with Crippen LogP contribution in [-0.2, 0) is 32.0 Å². The summed E-state index contributed by atoms with van der Waals surface area (Å²) in [4.78, 5) is 38.4.